The molecule has 0 atom stereocenters. The number of fused-ring (bicyclic) bond motifs is 1. The van der Waals surface area contributed by atoms with Crippen molar-refractivity contribution in [3.8, 4) is 12.1 Å². The first-order valence-corrected chi connectivity index (χ1v) is 5.98. The average molecular weight is 267 g/mol. The van der Waals surface area contributed by atoms with Crippen molar-refractivity contribution in [3.05, 3.63) is 23.8 Å². The molecule has 1 aliphatic rings. The molecule has 2 rings (SSSR count). The second kappa shape index (κ2) is 4.67. The Balaban J connectivity index is 2.38. The van der Waals surface area contributed by atoms with E-state index in [1.807, 2.05) is 26.0 Å². The normalized spacial score (nSPS) is 15.1. The van der Waals surface area contributed by atoms with Crippen molar-refractivity contribution in [3.63, 3.8) is 0 Å². The van der Waals surface area contributed by atoms with Crippen molar-refractivity contribution in [2.75, 3.05) is 17.4 Å². The quantitative estimate of drug-likeness (QED) is 0.652. The number of amides is 1. The Kier molecular flexibility index (Phi) is 3.17. The third-order valence-electron chi connectivity index (χ3n) is 3.38. The van der Waals surface area contributed by atoms with Crippen molar-refractivity contribution in [2.24, 2.45) is 5.10 Å². The molecule has 100 valence electrons. The molecule has 20 heavy (non-hydrogen) atoms. The fraction of sp³-hybridized carbons (Fsp3) is 0.286. The molecule has 0 saturated heterocycles. The van der Waals surface area contributed by atoms with Crippen LogP contribution in [0.1, 0.15) is 19.4 Å². The number of carbonyl (C=O) groups excluding carboxylic acids is 1. The van der Waals surface area contributed by atoms with E-state index in [4.69, 9.17) is 10.5 Å². The number of hydrogen-bond acceptors (Lipinski definition) is 5. The predicted molar refractivity (Wildman–Crippen MR) is 75.2 cm³/mol. The Hall–Kier alpha value is -2.86. The van der Waals surface area contributed by atoms with E-state index in [-0.39, 0.29) is 11.6 Å². The number of carbonyl (C=O) groups is 1. The zero-order valence-corrected chi connectivity index (χ0v) is 11.4. The first kappa shape index (κ1) is 13.6. The lowest BCUT2D eigenvalue weighted by Crippen LogP contribution is -2.33. The molecule has 6 nitrogen and oxygen atoms in total. The van der Waals surface area contributed by atoms with Gasteiger partial charge in [0.2, 0.25) is 11.6 Å². The number of benzene rings is 1. The molecule has 1 aliphatic heterocycles. The number of nitriles is 2. The highest BCUT2D eigenvalue weighted by atomic mass is 16.2. The number of hydrazone groups is 1. The summed E-state index contributed by atoms with van der Waals surface area (Å²) in [6.07, 6.45) is 0. The van der Waals surface area contributed by atoms with Crippen molar-refractivity contribution in [1.29, 1.82) is 10.5 Å². The van der Waals surface area contributed by atoms with E-state index >= 15 is 0 Å². The number of nitrogens with zero attached hydrogens (tertiary/aromatic N) is 4. The summed E-state index contributed by atoms with van der Waals surface area (Å²) in [5.74, 6) is 0.0305. The maximum Gasteiger partial charge on any atom is 0.237 e. The molecule has 1 aromatic carbocycles. The second-order valence-electron chi connectivity index (χ2n) is 5.02. The van der Waals surface area contributed by atoms with Crippen molar-refractivity contribution < 1.29 is 4.79 Å². The molecule has 0 aliphatic carbocycles. The minimum atomic E-state index is -0.598. The van der Waals surface area contributed by atoms with Gasteiger partial charge in [-0.2, -0.15) is 15.6 Å². The Morgan fingerprint density at radius 1 is 1.35 bits per heavy atom. The van der Waals surface area contributed by atoms with Gasteiger partial charge in [-0.05, 0) is 37.6 Å². The van der Waals surface area contributed by atoms with E-state index < -0.39 is 5.41 Å². The molecule has 0 saturated carbocycles. The van der Waals surface area contributed by atoms with Crippen LogP contribution in [0, 0.1) is 22.7 Å². The van der Waals surface area contributed by atoms with Crippen LogP contribution < -0.4 is 10.3 Å². The molecular weight excluding hydrogens is 254 g/mol. The van der Waals surface area contributed by atoms with Gasteiger partial charge in [-0.3, -0.25) is 10.2 Å². The minimum absolute atomic E-state index is 0.0305. The van der Waals surface area contributed by atoms with E-state index in [0.29, 0.717) is 5.69 Å². The fourth-order valence-electron chi connectivity index (χ4n) is 2.24. The Morgan fingerprint density at radius 2 is 2.00 bits per heavy atom. The van der Waals surface area contributed by atoms with Gasteiger partial charge in [0, 0.05) is 12.7 Å². The van der Waals surface area contributed by atoms with Gasteiger partial charge in [-0.1, -0.05) is 0 Å². The van der Waals surface area contributed by atoms with Crippen LogP contribution in [0.4, 0.5) is 11.4 Å². The summed E-state index contributed by atoms with van der Waals surface area (Å²) in [5, 5.41) is 20.9. The molecule has 6 heteroatoms. The Morgan fingerprint density at radius 3 is 2.60 bits per heavy atom. The molecule has 1 N–H and O–H groups in total. The highest BCUT2D eigenvalue weighted by Crippen LogP contribution is 2.41. The van der Waals surface area contributed by atoms with Crippen LogP contribution in [-0.2, 0) is 10.2 Å². The first-order chi connectivity index (χ1) is 9.41. The van der Waals surface area contributed by atoms with Crippen LogP contribution in [0.25, 0.3) is 0 Å². The van der Waals surface area contributed by atoms with Crippen LogP contribution in [0.5, 0.6) is 0 Å². The standard InChI is InChI=1S/C14H13N5O/c1-14(2)11-6-9(17-18-10(7-15)8-16)4-5-12(11)19(3)13(14)20/h4-6,17H,1-3H3. The molecule has 0 fully saturated rings. The molecule has 0 unspecified atom stereocenters. The van der Waals surface area contributed by atoms with Crippen LogP contribution in [-0.4, -0.2) is 18.7 Å². The lowest BCUT2D eigenvalue weighted by molar-refractivity contribution is -0.121. The smallest absolute Gasteiger partial charge is 0.237 e. The third kappa shape index (κ3) is 1.98. The zero-order valence-electron chi connectivity index (χ0n) is 11.4. The summed E-state index contributed by atoms with van der Waals surface area (Å²) in [6.45, 7) is 3.72. The summed E-state index contributed by atoms with van der Waals surface area (Å²) in [5.41, 5.74) is 4.18. The molecule has 1 amide bonds. The highest BCUT2D eigenvalue weighted by Gasteiger charge is 2.42. The van der Waals surface area contributed by atoms with Crippen LogP contribution in [0.15, 0.2) is 23.3 Å². The number of nitrogens with one attached hydrogen (secondary N) is 1. The lowest BCUT2D eigenvalue weighted by Gasteiger charge is -2.16. The maximum absolute atomic E-state index is 12.1. The SMILES string of the molecule is CN1C(=O)C(C)(C)c2cc(NN=C(C#N)C#N)ccc21. The summed E-state index contributed by atoms with van der Waals surface area (Å²) in [4.78, 5) is 13.8. The zero-order chi connectivity index (χ0) is 14.9. The monoisotopic (exact) mass is 267 g/mol. The Bertz CT molecular complexity index is 674. The fourth-order valence-corrected chi connectivity index (χ4v) is 2.24. The van der Waals surface area contributed by atoms with Gasteiger partial charge < -0.3 is 4.90 Å². The minimum Gasteiger partial charge on any atom is -0.314 e. The van der Waals surface area contributed by atoms with Gasteiger partial charge in [0.05, 0.1) is 11.1 Å². The average Bonchev–Trinajstić information content (AvgIpc) is 2.61. The second-order valence-corrected chi connectivity index (χ2v) is 5.02. The van der Waals surface area contributed by atoms with Gasteiger partial charge in [0.25, 0.3) is 0 Å². The highest BCUT2D eigenvalue weighted by molar-refractivity contribution is 6.10. The van der Waals surface area contributed by atoms with E-state index in [2.05, 4.69) is 10.5 Å². The van der Waals surface area contributed by atoms with Crippen molar-refractivity contribution in [1.82, 2.24) is 0 Å². The number of rotatable bonds is 2. The van der Waals surface area contributed by atoms with Gasteiger partial charge in [0.15, 0.2) is 0 Å². The largest absolute Gasteiger partial charge is 0.314 e. The van der Waals surface area contributed by atoms with Crippen LogP contribution in [0.2, 0.25) is 0 Å². The summed E-state index contributed by atoms with van der Waals surface area (Å²) in [7, 11) is 1.74. The molecule has 1 heterocycles. The Labute approximate surface area is 116 Å². The number of hydrogen-bond donors (Lipinski definition) is 1. The topological polar surface area (TPSA) is 92.3 Å². The van der Waals surface area contributed by atoms with Crippen LogP contribution >= 0.6 is 0 Å². The van der Waals surface area contributed by atoms with Gasteiger partial charge in [-0.15, -0.1) is 0 Å². The molecule has 0 radical (unpaired) electrons. The van der Waals surface area contributed by atoms with Crippen molar-refractivity contribution in [2.45, 2.75) is 19.3 Å². The van der Waals surface area contributed by atoms with E-state index in [9.17, 15) is 4.79 Å². The molecule has 0 aromatic heterocycles. The third-order valence-corrected chi connectivity index (χ3v) is 3.38. The van der Waals surface area contributed by atoms with E-state index in [1.165, 1.54) is 0 Å². The summed E-state index contributed by atoms with van der Waals surface area (Å²) in [6, 6.07) is 8.72. The lowest BCUT2D eigenvalue weighted by atomic mass is 9.86. The number of anilines is 2. The summed E-state index contributed by atoms with van der Waals surface area (Å²) >= 11 is 0. The van der Waals surface area contributed by atoms with Gasteiger partial charge >= 0.3 is 0 Å². The predicted octanol–water partition coefficient (Wildman–Crippen LogP) is 1.76. The first-order valence-electron chi connectivity index (χ1n) is 5.98. The van der Waals surface area contributed by atoms with Gasteiger partial charge in [-0.25, -0.2) is 0 Å². The van der Waals surface area contributed by atoms with Crippen LogP contribution in [0.3, 0.4) is 0 Å². The van der Waals surface area contributed by atoms with E-state index in [0.717, 1.165) is 11.3 Å². The molecule has 1 aromatic rings. The van der Waals surface area contributed by atoms with E-state index in [1.54, 1.807) is 30.2 Å². The van der Waals surface area contributed by atoms with Gasteiger partial charge in [0.1, 0.15) is 12.1 Å². The number of likely N-dealkylation sites (N-methyl/N-ethyl adjacent to an activating group) is 1. The maximum atomic E-state index is 12.1. The van der Waals surface area contributed by atoms with Crippen molar-refractivity contribution >= 4 is 23.0 Å². The summed E-state index contributed by atoms with van der Waals surface area (Å²) < 4.78 is 0. The molecule has 0 spiro atoms. The molecule has 0 bridgehead atoms. The molecular formula is C14H13N5O.